The highest BCUT2D eigenvalue weighted by Crippen LogP contribution is 2.11. The number of likely N-dealkylation sites (tertiary alicyclic amines) is 1. The zero-order valence-electron chi connectivity index (χ0n) is 13.0. The summed E-state index contributed by atoms with van der Waals surface area (Å²) in [7, 11) is 0. The lowest BCUT2D eigenvalue weighted by molar-refractivity contribution is -0.127. The van der Waals surface area contributed by atoms with Crippen molar-refractivity contribution in [2.75, 3.05) is 45.8 Å². The van der Waals surface area contributed by atoms with Crippen molar-refractivity contribution in [1.29, 1.82) is 0 Å². The molecule has 2 rings (SSSR count). The van der Waals surface area contributed by atoms with E-state index in [1.807, 2.05) is 6.92 Å². The van der Waals surface area contributed by atoms with Crippen LogP contribution in [-0.2, 0) is 4.79 Å². The summed E-state index contributed by atoms with van der Waals surface area (Å²) < 4.78 is 0. The fraction of sp³-hybridized carbons (Fsp3) is 0.933. The second-order valence-corrected chi connectivity index (χ2v) is 6.09. The molecule has 2 aliphatic rings. The van der Waals surface area contributed by atoms with Gasteiger partial charge in [0, 0.05) is 45.3 Å². The van der Waals surface area contributed by atoms with Gasteiger partial charge >= 0.3 is 0 Å². The highest BCUT2D eigenvalue weighted by molar-refractivity contribution is 5.81. The van der Waals surface area contributed by atoms with Gasteiger partial charge in [-0.2, -0.15) is 0 Å². The van der Waals surface area contributed by atoms with Crippen LogP contribution in [0.5, 0.6) is 0 Å². The summed E-state index contributed by atoms with van der Waals surface area (Å²) >= 11 is 0. The molecular weight excluding hydrogens is 252 g/mol. The Morgan fingerprint density at radius 3 is 2.50 bits per heavy atom. The summed E-state index contributed by atoms with van der Waals surface area (Å²) in [5.74, 6) is 0.209. The lowest BCUT2D eigenvalue weighted by Gasteiger charge is -2.35. The Morgan fingerprint density at radius 1 is 1.25 bits per heavy atom. The van der Waals surface area contributed by atoms with Crippen LogP contribution < -0.4 is 10.6 Å². The van der Waals surface area contributed by atoms with Crippen molar-refractivity contribution < 1.29 is 4.79 Å². The second kappa shape index (κ2) is 7.96. The summed E-state index contributed by atoms with van der Waals surface area (Å²) in [5, 5.41) is 6.58. The molecule has 2 heterocycles. The Kier molecular flexibility index (Phi) is 6.26. The molecule has 0 spiro atoms. The maximum absolute atomic E-state index is 12.3. The number of piperazine rings is 1. The van der Waals surface area contributed by atoms with Crippen molar-refractivity contribution in [2.24, 2.45) is 0 Å². The van der Waals surface area contributed by atoms with Crippen molar-refractivity contribution in [2.45, 2.75) is 45.2 Å². The Bertz CT molecular complexity index is 296. The van der Waals surface area contributed by atoms with Crippen LogP contribution in [-0.4, -0.2) is 73.6 Å². The third kappa shape index (κ3) is 4.43. The minimum absolute atomic E-state index is 0.00534. The normalized spacial score (nSPS) is 24.5. The van der Waals surface area contributed by atoms with Crippen molar-refractivity contribution in [3.63, 3.8) is 0 Å². The largest absolute Gasteiger partial charge is 0.352 e. The third-order valence-electron chi connectivity index (χ3n) is 4.55. The van der Waals surface area contributed by atoms with E-state index < -0.39 is 0 Å². The molecule has 116 valence electrons. The molecule has 1 atom stereocenters. The monoisotopic (exact) mass is 282 g/mol. The second-order valence-electron chi connectivity index (χ2n) is 6.09. The van der Waals surface area contributed by atoms with Gasteiger partial charge in [0.25, 0.3) is 0 Å². The average molecular weight is 282 g/mol. The highest BCUT2D eigenvalue weighted by atomic mass is 16.2. The molecule has 0 bridgehead atoms. The summed E-state index contributed by atoms with van der Waals surface area (Å²) in [6.07, 6.45) is 3.41. The fourth-order valence-electron chi connectivity index (χ4n) is 3.17. The lowest BCUT2D eigenvalue weighted by Crippen LogP contribution is -2.55. The Morgan fingerprint density at radius 2 is 1.90 bits per heavy atom. The van der Waals surface area contributed by atoms with Gasteiger partial charge < -0.3 is 15.5 Å². The van der Waals surface area contributed by atoms with Crippen LogP contribution in [0.3, 0.4) is 0 Å². The van der Waals surface area contributed by atoms with E-state index in [1.165, 1.54) is 13.0 Å². The minimum atomic E-state index is 0.00534. The average Bonchev–Trinajstić information content (AvgIpc) is 2.49. The number of hydrogen-bond acceptors (Lipinski definition) is 4. The van der Waals surface area contributed by atoms with Crippen molar-refractivity contribution in [3.05, 3.63) is 0 Å². The molecule has 1 unspecified atom stereocenters. The molecule has 2 aliphatic heterocycles. The fourth-order valence-corrected chi connectivity index (χ4v) is 3.17. The summed E-state index contributed by atoms with van der Waals surface area (Å²) in [6, 6.07) is 0.381. The molecule has 2 N–H and O–H groups in total. The van der Waals surface area contributed by atoms with E-state index in [1.54, 1.807) is 0 Å². The molecule has 1 amide bonds. The molecule has 5 nitrogen and oxygen atoms in total. The smallest absolute Gasteiger partial charge is 0.237 e. The molecule has 5 heteroatoms. The van der Waals surface area contributed by atoms with Gasteiger partial charge in [-0.1, -0.05) is 6.92 Å². The third-order valence-corrected chi connectivity index (χ3v) is 4.55. The molecule has 0 aromatic rings. The van der Waals surface area contributed by atoms with Crippen LogP contribution in [0.4, 0.5) is 0 Å². The van der Waals surface area contributed by atoms with Gasteiger partial charge in [0.1, 0.15) is 0 Å². The van der Waals surface area contributed by atoms with Gasteiger partial charge in [-0.3, -0.25) is 9.69 Å². The molecule has 0 aromatic heterocycles. The molecule has 2 fully saturated rings. The van der Waals surface area contributed by atoms with Gasteiger partial charge in [0.2, 0.25) is 5.91 Å². The molecule has 0 aliphatic carbocycles. The van der Waals surface area contributed by atoms with E-state index in [4.69, 9.17) is 0 Å². The first-order valence-electron chi connectivity index (χ1n) is 8.18. The van der Waals surface area contributed by atoms with Crippen LogP contribution in [0, 0.1) is 0 Å². The number of rotatable bonds is 5. The highest BCUT2D eigenvalue weighted by Gasteiger charge is 2.26. The van der Waals surface area contributed by atoms with Crippen LogP contribution in [0.1, 0.15) is 33.1 Å². The summed E-state index contributed by atoms with van der Waals surface area (Å²) in [6.45, 7) is 11.6. The van der Waals surface area contributed by atoms with Gasteiger partial charge in [-0.15, -0.1) is 0 Å². The number of nitrogens with one attached hydrogen (secondary N) is 2. The Labute approximate surface area is 123 Å². The predicted octanol–water partition coefficient (Wildman–Crippen LogP) is 0.271. The van der Waals surface area contributed by atoms with Crippen molar-refractivity contribution in [3.8, 4) is 0 Å². The molecule has 0 radical (unpaired) electrons. The first-order valence-corrected chi connectivity index (χ1v) is 8.18. The topological polar surface area (TPSA) is 47.6 Å². The molecular formula is C15H30N4O. The number of carbonyl (C=O) groups is 1. The van der Waals surface area contributed by atoms with Gasteiger partial charge in [-0.25, -0.2) is 0 Å². The summed E-state index contributed by atoms with van der Waals surface area (Å²) in [5.41, 5.74) is 0. The van der Waals surface area contributed by atoms with Crippen molar-refractivity contribution in [1.82, 2.24) is 20.4 Å². The number of piperidine rings is 1. The van der Waals surface area contributed by atoms with Crippen LogP contribution in [0.25, 0.3) is 0 Å². The van der Waals surface area contributed by atoms with E-state index in [9.17, 15) is 4.79 Å². The van der Waals surface area contributed by atoms with Gasteiger partial charge in [0.15, 0.2) is 0 Å². The van der Waals surface area contributed by atoms with Crippen LogP contribution >= 0.6 is 0 Å². The van der Waals surface area contributed by atoms with E-state index in [0.717, 1.165) is 52.1 Å². The maximum atomic E-state index is 12.3. The minimum Gasteiger partial charge on any atom is -0.352 e. The Hall–Kier alpha value is -0.650. The zero-order valence-corrected chi connectivity index (χ0v) is 13.0. The van der Waals surface area contributed by atoms with Crippen LogP contribution in [0.2, 0.25) is 0 Å². The zero-order chi connectivity index (χ0) is 14.4. The molecule has 0 aromatic carbocycles. The standard InChI is InChI=1S/C15H30N4O/c1-3-8-18-9-4-14(5-10-18)17-15(20)13(2)19-11-6-16-7-12-19/h13-14,16H,3-12H2,1-2H3,(H,17,20). The van der Waals surface area contributed by atoms with E-state index in [0.29, 0.717) is 6.04 Å². The predicted molar refractivity (Wildman–Crippen MR) is 81.8 cm³/mol. The summed E-state index contributed by atoms with van der Waals surface area (Å²) in [4.78, 5) is 17.1. The number of amides is 1. The van der Waals surface area contributed by atoms with E-state index in [2.05, 4.69) is 27.4 Å². The quantitative estimate of drug-likeness (QED) is 0.760. The lowest BCUT2D eigenvalue weighted by atomic mass is 10.0. The number of carbonyl (C=O) groups excluding carboxylic acids is 1. The van der Waals surface area contributed by atoms with Crippen molar-refractivity contribution >= 4 is 5.91 Å². The number of nitrogens with zero attached hydrogens (tertiary/aromatic N) is 2. The SMILES string of the molecule is CCCN1CCC(NC(=O)C(C)N2CCNCC2)CC1. The van der Waals surface area contributed by atoms with Crippen LogP contribution in [0.15, 0.2) is 0 Å². The molecule has 2 saturated heterocycles. The first kappa shape index (κ1) is 15.7. The molecule has 20 heavy (non-hydrogen) atoms. The first-order chi connectivity index (χ1) is 9.70. The number of hydrogen-bond donors (Lipinski definition) is 2. The molecule has 0 saturated carbocycles. The van der Waals surface area contributed by atoms with E-state index >= 15 is 0 Å². The van der Waals surface area contributed by atoms with Gasteiger partial charge in [-0.05, 0) is 32.7 Å². The van der Waals surface area contributed by atoms with Gasteiger partial charge in [0.05, 0.1) is 6.04 Å². The Balaban J connectivity index is 1.71. The maximum Gasteiger partial charge on any atom is 0.237 e. The van der Waals surface area contributed by atoms with E-state index in [-0.39, 0.29) is 11.9 Å².